The number of hydrogen-bond acceptors (Lipinski definition) is 2. The van der Waals surface area contributed by atoms with Crippen LogP contribution in [-0.4, -0.2) is 0 Å². The van der Waals surface area contributed by atoms with Crippen LogP contribution in [-0.2, 0) is 13.0 Å². The van der Waals surface area contributed by atoms with E-state index in [4.69, 9.17) is 5.73 Å². The Balaban J connectivity index is 1.64. The fourth-order valence-corrected chi connectivity index (χ4v) is 5.33. The molecule has 0 spiro atoms. The van der Waals surface area contributed by atoms with E-state index in [1.807, 2.05) is 6.07 Å². The van der Waals surface area contributed by atoms with Crippen molar-refractivity contribution in [3.63, 3.8) is 0 Å². The number of nitrogens with one attached hydrogen (secondary N) is 1. The zero-order valence-corrected chi connectivity index (χ0v) is 24.0. The van der Waals surface area contributed by atoms with Crippen molar-refractivity contribution in [2.75, 3.05) is 5.32 Å². The predicted molar refractivity (Wildman–Crippen MR) is 176 cm³/mol. The van der Waals surface area contributed by atoms with Crippen LogP contribution in [0.1, 0.15) is 53.6 Å². The molecule has 0 atom stereocenters. The number of rotatable bonds is 10. The number of benzene rings is 5. The van der Waals surface area contributed by atoms with Gasteiger partial charge < -0.3 is 11.1 Å². The van der Waals surface area contributed by atoms with Crippen LogP contribution in [0.2, 0.25) is 0 Å². The summed E-state index contributed by atoms with van der Waals surface area (Å²) in [5, 5.41) is 3.55. The van der Waals surface area contributed by atoms with Crippen molar-refractivity contribution in [2.45, 2.75) is 33.2 Å². The van der Waals surface area contributed by atoms with Gasteiger partial charge in [-0.2, -0.15) is 0 Å². The Morgan fingerprint density at radius 3 is 1.61 bits per heavy atom. The van der Waals surface area contributed by atoms with E-state index in [0.717, 1.165) is 58.6 Å². The zero-order chi connectivity index (χ0) is 28.4. The normalized spacial score (nSPS) is 12.3. The molecule has 204 valence electrons. The molecule has 2 heteroatoms. The molecule has 0 saturated heterocycles. The number of nitrogens with two attached hydrogens (primary N) is 1. The molecule has 0 aliphatic heterocycles. The molecule has 41 heavy (non-hydrogen) atoms. The summed E-state index contributed by atoms with van der Waals surface area (Å²) in [7, 11) is 0. The Labute approximate surface area is 244 Å². The van der Waals surface area contributed by atoms with Crippen LogP contribution in [0.3, 0.4) is 0 Å². The lowest BCUT2D eigenvalue weighted by atomic mass is 9.86. The monoisotopic (exact) mass is 534 g/mol. The van der Waals surface area contributed by atoms with Crippen molar-refractivity contribution >= 4 is 22.4 Å². The Morgan fingerprint density at radius 1 is 0.537 bits per heavy atom. The Hall–Kier alpha value is -4.82. The summed E-state index contributed by atoms with van der Waals surface area (Å²) in [6, 6.07) is 49.1. The van der Waals surface area contributed by atoms with Crippen molar-refractivity contribution in [1.82, 2.24) is 0 Å². The van der Waals surface area contributed by atoms with E-state index in [-0.39, 0.29) is 0 Å². The Morgan fingerprint density at radius 2 is 1.05 bits per heavy atom. The maximum Gasteiger partial charge on any atom is 0.0482 e. The number of anilines is 1. The second-order valence-corrected chi connectivity index (χ2v) is 10.2. The van der Waals surface area contributed by atoms with E-state index in [1.165, 1.54) is 22.3 Å². The molecule has 0 aliphatic rings. The topological polar surface area (TPSA) is 38.0 Å². The van der Waals surface area contributed by atoms with Gasteiger partial charge >= 0.3 is 0 Å². The first-order valence-corrected chi connectivity index (χ1v) is 14.5. The first kappa shape index (κ1) is 27.7. The largest absolute Gasteiger partial charge is 0.398 e. The minimum Gasteiger partial charge on any atom is -0.398 e. The highest BCUT2D eigenvalue weighted by molar-refractivity contribution is 6.04. The molecule has 0 fully saturated rings. The number of aryl methyl sites for hydroxylation is 1. The molecule has 0 radical (unpaired) electrons. The van der Waals surface area contributed by atoms with Gasteiger partial charge in [0.1, 0.15) is 0 Å². The summed E-state index contributed by atoms with van der Waals surface area (Å²) in [6.45, 7) is 5.19. The first-order valence-electron chi connectivity index (χ1n) is 14.5. The lowest BCUT2D eigenvalue weighted by molar-refractivity contribution is 1.14. The van der Waals surface area contributed by atoms with Crippen molar-refractivity contribution in [1.29, 1.82) is 0 Å². The summed E-state index contributed by atoms with van der Waals surface area (Å²) < 4.78 is 0. The van der Waals surface area contributed by atoms with E-state index < -0.39 is 0 Å². The van der Waals surface area contributed by atoms with Crippen molar-refractivity contribution in [3.05, 3.63) is 179 Å². The molecule has 0 heterocycles. The van der Waals surface area contributed by atoms with E-state index >= 15 is 0 Å². The highest BCUT2D eigenvalue weighted by Gasteiger charge is 2.19. The molecule has 0 saturated carbocycles. The molecular weight excluding hydrogens is 496 g/mol. The molecule has 5 aromatic carbocycles. The molecule has 0 unspecified atom stereocenters. The fraction of sp³-hybridized carbons (Fsp3) is 0.128. The Kier molecular flexibility index (Phi) is 9.13. The van der Waals surface area contributed by atoms with E-state index in [1.54, 1.807) is 0 Å². The van der Waals surface area contributed by atoms with Crippen LogP contribution in [0.4, 0.5) is 5.69 Å². The zero-order valence-electron chi connectivity index (χ0n) is 24.0. The van der Waals surface area contributed by atoms with Gasteiger partial charge in [-0.05, 0) is 63.9 Å². The lowest BCUT2D eigenvalue weighted by Gasteiger charge is -2.21. The molecule has 0 bridgehead atoms. The van der Waals surface area contributed by atoms with Crippen LogP contribution in [0.5, 0.6) is 0 Å². The van der Waals surface area contributed by atoms with Crippen molar-refractivity contribution in [3.8, 4) is 0 Å². The van der Waals surface area contributed by atoms with Gasteiger partial charge in [0.25, 0.3) is 0 Å². The molecule has 0 aliphatic carbocycles. The number of hydrogen-bond donors (Lipinski definition) is 2. The van der Waals surface area contributed by atoms with Gasteiger partial charge in [0.2, 0.25) is 0 Å². The summed E-state index contributed by atoms with van der Waals surface area (Å²) in [5.74, 6) is 0. The van der Waals surface area contributed by atoms with Gasteiger partial charge in [-0.3, -0.25) is 0 Å². The molecular formula is C39H38N2. The quantitative estimate of drug-likeness (QED) is 0.138. The van der Waals surface area contributed by atoms with Crippen molar-refractivity contribution in [2.24, 2.45) is 5.73 Å². The summed E-state index contributed by atoms with van der Waals surface area (Å²) >= 11 is 0. The summed E-state index contributed by atoms with van der Waals surface area (Å²) in [6.07, 6.45) is 1.85. The van der Waals surface area contributed by atoms with Gasteiger partial charge in [-0.15, -0.1) is 0 Å². The third-order valence-electron chi connectivity index (χ3n) is 7.54. The first-order chi connectivity index (χ1) is 20.2. The smallest absolute Gasteiger partial charge is 0.0482 e. The third kappa shape index (κ3) is 6.67. The van der Waals surface area contributed by atoms with Crippen LogP contribution in [0.25, 0.3) is 16.7 Å². The van der Waals surface area contributed by atoms with E-state index in [2.05, 4.69) is 153 Å². The molecule has 0 amide bonds. The van der Waals surface area contributed by atoms with Gasteiger partial charge in [0.15, 0.2) is 0 Å². The standard InChI is InChI=1S/C39H38N2/c1-3-29-20-22-34(23-21-29)37(32-16-10-6-11-17-32)39(40)38(33-18-12-7-13-19-33)36(4-2)31-24-26-35(27-25-31)41-28-30-14-8-5-9-15-30/h5-27,41H,3-4,28,40H2,1-2H3. The van der Waals surface area contributed by atoms with Crippen molar-refractivity contribution < 1.29 is 0 Å². The highest BCUT2D eigenvalue weighted by atomic mass is 14.9. The lowest BCUT2D eigenvalue weighted by Crippen LogP contribution is -2.09. The van der Waals surface area contributed by atoms with Crippen LogP contribution >= 0.6 is 0 Å². The fourth-order valence-electron chi connectivity index (χ4n) is 5.33. The maximum atomic E-state index is 7.29. The summed E-state index contributed by atoms with van der Waals surface area (Å²) in [4.78, 5) is 0. The van der Waals surface area contributed by atoms with Gasteiger partial charge in [-0.25, -0.2) is 0 Å². The van der Waals surface area contributed by atoms with Gasteiger partial charge in [0, 0.05) is 29.1 Å². The molecule has 3 N–H and O–H groups in total. The predicted octanol–water partition coefficient (Wildman–Crippen LogP) is 9.60. The van der Waals surface area contributed by atoms with Crippen LogP contribution < -0.4 is 11.1 Å². The van der Waals surface area contributed by atoms with Crippen LogP contribution in [0.15, 0.2) is 145 Å². The number of allylic oxidation sites excluding steroid dienone is 2. The minimum atomic E-state index is 0.787. The van der Waals surface area contributed by atoms with E-state index in [9.17, 15) is 0 Å². The Bertz CT molecular complexity index is 1600. The van der Waals surface area contributed by atoms with Crippen LogP contribution in [0, 0.1) is 0 Å². The average molecular weight is 535 g/mol. The average Bonchev–Trinajstić information content (AvgIpc) is 3.04. The maximum absolute atomic E-state index is 7.29. The molecule has 5 aromatic rings. The SMILES string of the molecule is CCC(=C(C(N)=C(c1ccccc1)c1ccc(CC)cc1)c1ccccc1)c1ccc(NCc2ccccc2)cc1. The summed E-state index contributed by atoms with van der Waals surface area (Å²) in [5.41, 5.74) is 19.6. The molecule has 0 aromatic heterocycles. The van der Waals surface area contributed by atoms with E-state index in [0.29, 0.717) is 0 Å². The molecule has 2 nitrogen and oxygen atoms in total. The second-order valence-electron chi connectivity index (χ2n) is 10.2. The highest BCUT2D eigenvalue weighted by Crippen LogP contribution is 2.38. The van der Waals surface area contributed by atoms with Gasteiger partial charge in [0.05, 0.1) is 0 Å². The molecule has 5 rings (SSSR count). The minimum absolute atomic E-state index is 0.787. The second kappa shape index (κ2) is 13.5. The third-order valence-corrected chi connectivity index (χ3v) is 7.54. The van der Waals surface area contributed by atoms with Gasteiger partial charge in [-0.1, -0.05) is 141 Å².